The predicted octanol–water partition coefficient (Wildman–Crippen LogP) is 3.02. The van der Waals surface area contributed by atoms with E-state index in [4.69, 9.17) is 0 Å². The third kappa shape index (κ3) is 17.7. The maximum Gasteiger partial charge on any atom is 0.219 e. The summed E-state index contributed by atoms with van der Waals surface area (Å²) in [7, 11) is 4.02. The van der Waals surface area contributed by atoms with Crippen molar-refractivity contribution in [2.75, 3.05) is 33.7 Å². The Morgan fingerprint density at radius 3 is 1.85 bits per heavy atom. The molecule has 26 heavy (non-hydrogen) atoms. The summed E-state index contributed by atoms with van der Waals surface area (Å²) in [6, 6.07) is 0. The average molecular weight is 371 g/mol. The van der Waals surface area contributed by atoms with Crippen molar-refractivity contribution < 1.29 is 19.2 Å². The van der Waals surface area contributed by atoms with Crippen LogP contribution in [0.1, 0.15) is 90.4 Å². The van der Waals surface area contributed by atoms with Gasteiger partial charge in [-0.1, -0.05) is 64.7 Å². The molecule has 0 aliphatic rings. The molecule has 0 radical (unpaired) electrons. The Hall–Kier alpha value is -1.10. The van der Waals surface area contributed by atoms with E-state index in [0.717, 1.165) is 25.8 Å². The van der Waals surface area contributed by atoms with E-state index in [9.17, 15) is 14.7 Å². The molecule has 1 amide bonds. The molecule has 0 unspecified atom stereocenters. The van der Waals surface area contributed by atoms with E-state index in [1.54, 1.807) is 0 Å². The molecule has 5 nitrogen and oxygen atoms in total. The van der Waals surface area contributed by atoms with E-state index in [2.05, 4.69) is 12.2 Å². The summed E-state index contributed by atoms with van der Waals surface area (Å²) in [5.74, 6) is -0.856. The molecule has 0 fully saturated rings. The van der Waals surface area contributed by atoms with Crippen LogP contribution in [0.25, 0.3) is 0 Å². The fourth-order valence-corrected chi connectivity index (χ4v) is 3.10. The maximum absolute atomic E-state index is 11.8. The van der Waals surface area contributed by atoms with Crippen LogP contribution >= 0.6 is 0 Å². The number of carbonyl (C=O) groups excluding carboxylic acids is 2. The predicted molar refractivity (Wildman–Crippen MR) is 106 cm³/mol. The number of carboxylic acid groups (broad SMARTS) is 1. The Kier molecular flexibility index (Phi) is 15.4. The first kappa shape index (κ1) is 24.9. The molecule has 1 N–H and O–H groups in total. The van der Waals surface area contributed by atoms with Crippen LogP contribution in [0.4, 0.5) is 0 Å². The molecule has 0 aliphatic carbocycles. The Labute approximate surface area is 161 Å². The highest BCUT2D eigenvalue weighted by atomic mass is 16.4. The van der Waals surface area contributed by atoms with Crippen molar-refractivity contribution in [1.82, 2.24) is 5.32 Å². The lowest BCUT2D eigenvalue weighted by molar-refractivity contribution is -0.890. The highest BCUT2D eigenvalue weighted by molar-refractivity contribution is 5.75. The number of carbonyl (C=O) groups is 2. The van der Waals surface area contributed by atoms with Gasteiger partial charge in [-0.15, -0.1) is 0 Å². The molecule has 0 spiro atoms. The Bertz CT molecular complexity index is 370. The second kappa shape index (κ2) is 16.1. The van der Waals surface area contributed by atoms with E-state index in [0.29, 0.717) is 24.0 Å². The van der Waals surface area contributed by atoms with Gasteiger partial charge in [-0.25, -0.2) is 0 Å². The minimum absolute atomic E-state index is 0.0814. The van der Waals surface area contributed by atoms with Gasteiger partial charge in [0.2, 0.25) is 5.91 Å². The quantitative estimate of drug-likeness (QED) is 0.298. The minimum Gasteiger partial charge on any atom is -0.550 e. The third-order valence-electron chi connectivity index (χ3n) is 4.94. The van der Waals surface area contributed by atoms with Crippen LogP contribution in [0.2, 0.25) is 0 Å². The number of nitrogens with zero attached hydrogens (tertiary/aromatic N) is 1. The highest BCUT2D eigenvalue weighted by Crippen LogP contribution is 2.11. The van der Waals surface area contributed by atoms with Crippen LogP contribution in [-0.2, 0) is 9.59 Å². The van der Waals surface area contributed by atoms with Gasteiger partial charge in [0, 0.05) is 31.8 Å². The summed E-state index contributed by atoms with van der Waals surface area (Å²) in [6.45, 7) is 4.33. The van der Waals surface area contributed by atoms with Crippen molar-refractivity contribution in [2.24, 2.45) is 0 Å². The Morgan fingerprint density at radius 1 is 0.769 bits per heavy atom. The smallest absolute Gasteiger partial charge is 0.219 e. The SMILES string of the molecule is CCCCCCCCCCCCC(=O)NCCC[N+](C)(C)CCC(=O)[O-]. The van der Waals surface area contributed by atoms with Crippen LogP contribution < -0.4 is 10.4 Å². The lowest BCUT2D eigenvalue weighted by atomic mass is 10.1. The van der Waals surface area contributed by atoms with Gasteiger partial charge in [-0.3, -0.25) is 4.79 Å². The fourth-order valence-electron chi connectivity index (χ4n) is 3.10. The zero-order chi connectivity index (χ0) is 19.7. The highest BCUT2D eigenvalue weighted by Gasteiger charge is 2.14. The van der Waals surface area contributed by atoms with E-state index in [-0.39, 0.29) is 12.3 Å². The summed E-state index contributed by atoms with van der Waals surface area (Å²) < 4.78 is 0.641. The van der Waals surface area contributed by atoms with Crippen LogP contribution in [0, 0.1) is 0 Å². The molecule has 0 aliphatic heterocycles. The zero-order valence-corrected chi connectivity index (χ0v) is 17.5. The molecule has 0 heterocycles. The van der Waals surface area contributed by atoms with Crippen LogP contribution in [-0.4, -0.2) is 50.1 Å². The molecule has 0 aromatic carbocycles. The molecule has 0 saturated heterocycles. The normalized spacial score (nSPS) is 11.5. The van der Waals surface area contributed by atoms with Crippen LogP contribution in [0.3, 0.4) is 0 Å². The van der Waals surface area contributed by atoms with Gasteiger partial charge in [-0.2, -0.15) is 0 Å². The van der Waals surface area contributed by atoms with E-state index < -0.39 is 5.97 Å². The molecule has 0 atom stereocenters. The van der Waals surface area contributed by atoms with Gasteiger partial charge in [0.05, 0.1) is 27.2 Å². The van der Waals surface area contributed by atoms with Crippen molar-refractivity contribution in [2.45, 2.75) is 90.4 Å². The number of quaternary nitrogens is 1. The lowest BCUT2D eigenvalue weighted by Crippen LogP contribution is -2.44. The topological polar surface area (TPSA) is 69.2 Å². The summed E-state index contributed by atoms with van der Waals surface area (Å²) in [4.78, 5) is 22.3. The molecule has 0 saturated carbocycles. The molecule has 0 aromatic heterocycles. The molecule has 0 aromatic rings. The first-order valence-electron chi connectivity index (χ1n) is 10.7. The van der Waals surface area contributed by atoms with Crippen LogP contribution in [0.5, 0.6) is 0 Å². The standard InChI is InChI=1S/C21H42N2O3/c1-4-5-6-7-8-9-10-11-12-13-15-20(24)22-17-14-18-23(2,3)19-16-21(25)26/h4-19H2,1-3H3,(H-,22,24,25,26). The number of amides is 1. The van der Waals surface area contributed by atoms with E-state index in [1.807, 2.05) is 14.1 Å². The number of hydrogen-bond donors (Lipinski definition) is 1. The maximum atomic E-state index is 11.8. The summed E-state index contributed by atoms with van der Waals surface area (Å²) in [6.07, 6.45) is 14.4. The van der Waals surface area contributed by atoms with E-state index >= 15 is 0 Å². The summed E-state index contributed by atoms with van der Waals surface area (Å²) >= 11 is 0. The molecular formula is C21H42N2O3. The zero-order valence-electron chi connectivity index (χ0n) is 17.5. The number of rotatable bonds is 18. The van der Waals surface area contributed by atoms with Crippen molar-refractivity contribution in [3.8, 4) is 0 Å². The lowest BCUT2D eigenvalue weighted by Gasteiger charge is -2.30. The van der Waals surface area contributed by atoms with Crippen molar-refractivity contribution in [3.63, 3.8) is 0 Å². The van der Waals surface area contributed by atoms with Crippen LogP contribution in [0.15, 0.2) is 0 Å². The first-order valence-corrected chi connectivity index (χ1v) is 10.7. The Morgan fingerprint density at radius 2 is 1.31 bits per heavy atom. The molecule has 5 heteroatoms. The molecule has 0 bridgehead atoms. The van der Waals surface area contributed by atoms with Gasteiger partial charge in [0.1, 0.15) is 0 Å². The number of nitrogens with one attached hydrogen (secondary N) is 1. The Balaban J connectivity index is 3.43. The van der Waals surface area contributed by atoms with Gasteiger partial charge < -0.3 is 19.7 Å². The van der Waals surface area contributed by atoms with Gasteiger partial charge in [0.25, 0.3) is 0 Å². The second-order valence-electron chi connectivity index (χ2n) is 8.14. The van der Waals surface area contributed by atoms with E-state index in [1.165, 1.54) is 51.4 Å². The first-order chi connectivity index (χ1) is 12.4. The summed E-state index contributed by atoms with van der Waals surface area (Å²) in [5, 5.41) is 13.5. The van der Waals surface area contributed by atoms with Gasteiger partial charge >= 0.3 is 0 Å². The van der Waals surface area contributed by atoms with Crippen molar-refractivity contribution in [3.05, 3.63) is 0 Å². The minimum atomic E-state index is -0.999. The molecule has 0 rings (SSSR count). The molecule has 154 valence electrons. The number of hydrogen-bond acceptors (Lipinski definition) is 3. The average Bonchev–Trinajstić information content (AvgIpc) is 2.59. The van der Waals surface area contributed by atoms with Gasteiger partial charge in [0.15, 0.2) is 0 Å². The fraction of sp³-hybridized carbons (Fsp3) is 0.905. The molecular weight excluding hydrogens is 328 g/mol. The van der Waals surface area contributed by atoms with Crippen molar-refractivity contribution >= 4 is 11.9 Å². The third-order valence-corrected chi connectivity index (χ3v) is 4.94. The largest absolute Gasteiger partial charge is 0.550 e. The number of aliphatic carboxylic acids is 1. The summed E-state index contributed by atoms with van der Waals surface area (Å²) in [5.41, 5.74) is 0. The monoisotopic (exact) mass is 370 g/mol. The number of unbranched alkanes of at least 4 members (excludes halogenated alkanes) is 9. The van der Waals surface area contributed by atoms with Gasteiger partial charge in [-0.05, 0) is 6.42 Å². The number of carboxylic acids is 1. The van der Waals surface area contributed by atoms with Crippen molar-refractivity contribution in [1.29, 1.82) is 0 Å². The second-order valence-corrected chi connectivity index (χ2v) is 8.14.